The Kier molecular flexibility index (Phi) is 4.80. The van der Waals surface area contributed by atoms with Crippen LogP contribution in [0, 0.1) is 5.82 Å². The lowest BCUT2D eigenvalue weighted by Gasteiger charge is -2.39. The minimum Gasteiger partial charge on any atom is -0.409 e. The third kappa shape index (κ3) is 3.71. The van der Waals surface area contributed by atoms with Crippen LogP contribution >= 0.6 is 0 Å². The summed E-state index contributed by atoms with van der Waals surface area (Å²) in [4.78, 5) is 2.19. The Morgan fingerprint density at radius 2 is 2.33 bits per heavy atom. The number of halogens is 1. The molecule has 0 bridgehead atoms. The number of ether oxygens (including phenoxy) is 1. The van der Waals surface area contributed by atoms with Crippen LogP contribution in [0.4, 0.5) is 4.39 Å². The molecule has 0 aliphatic carbocycles. The number of piperidine rings is 1. The summed E-state index contributed by atoms with van der Waals surface area (Å²) in [5.74, 6) is -0.436. The van der Waals surface area contributed by atoms with Crippen LogP contribution in [0.5, 0.6) is 0 Å². The van der Waals surface area contributed by atoms with Gasteiger partial charge < -0.3 is 15.7 Å². The minimum absolute atomic E-state index is 0.0922. The molecule has 1 aliphatic heterocycles. The van der Waals surface area contributed by atoms with Gasteiger partial charge in [0.25, 0.3) is 0 Å². The van der Waals surface area contributed by atoms with Crippen LogP contribution in [-0.4, -0.2) is 41.7 Å². The zero-order valence-corrected chi connectivity index (χ0v) is 12.5. The molecule has 0 aromatic heterocycles. The second kappa shape index (κ2) is 6.41. The van der Waals surface area contributed by atoms with Crippen molar-refractivity contribution in [3.8, 4) is 0 Å². The molecule has 2 rings (SSSR count). The van der Waals surface area contributed by atoms with E-state index in [1.54, 1.807) is 19.2 Å². The third-order valence-corrected chi connectivity index (χ3v) is 4.08. The van der Waals surface area contributed by atoms with Crippen molar-refractivity contribution in [2.75, 3.05) is 20.2 Å². The van der Waals surface area contributed by atoms with E-state index in [9.17, 15) is 4.39 Å². The zero-order chi connectivity index (χ0) is 15.5. The van der Waals surface area contributed by atoms with E-state index in [1.807, 2.05) is 0 Å². The lowest BCUT2D eigenvalue weighted by molar-refractivity contribution is -0.0528. The van der Waals surface area contributed by atoms with E-state index in [2.05, 4.69) is 17.0 Å². The van der Waals surface area contributed by atoms with Gasteiger partial charge in [-0.2, -0.15) is 0 Å². The molecule has 0 saturated carbocycles. The Morgan fingerprint density at radius 3 is 2.95 bits per heavy atom. The highest BCUT2D eigenvalue weighted by atomic mass is 19.1. The molecule has 1 aromatic carbocycles. The molecule has 5 nitrogen and oxygen atoms in total. The van der Waals surface area contributed by atoms with Gasteiger partial charge >= 0.3 is 0 Å². The van der Waals surface area contributed by atoms with Crippen LogP contribution in [0.25, 0.3) is 0 Å². The normalized spacial score (nSPS) is 24.2. The second-order valence-corrected chi connectivity index (χ2v) is 5.76. The van der Waals surface area contributed by atoms with Crippen molar-refractivity contribution in [2.24, 2.45) is 10.9 Å². The maximum Gasteiger partial charge on any atom is 0.170 e. The topological polar surface area (TPSA) is 71.1 Å². The molecule has 1 aliphatic rings. The van der Waals surface area contributed by atoms with Crippen LogP contribution in [0.2, 0.25) is 0 Å². The van der Waals surface area contributed by atoms with Crippen molar-refractivity contribution in [3.63, 3.8) is 0 Å². The standard InChI is InChI=1S/C15H22FN3O2/c1-15(21-2)6-3-7-19(10-15)9-12-5-4-11(8-13(12)16)14(17)18-20/h4-5,8,20H,3,6-7,9-10H2,1-2H3,(H2,17,18). The molecular weight excluding hydrogens is 273 g/mol. The van der Waals surface area contributed by atoms with Crippen molar-refractivity contribution in [1.82, 2.24) is 4.90 Å². The number of nitrogens with two attached hydrogens (primary N) is 1. The van der Waals surface area contributed by atoms with Crippen molar-refractivity contribution < 1.29 is 14.3 Å². The molecule has 1 fully saturated rings. The Bertz CT molecular complexity index is 536. The number of amidine groups is 1. The number of rotatable bonds is 4. The average Bonchev–Trinajstić information content (AvgIpc) is 2.48. The lowest BCUT2D eigenvalue weighted by Crippen LogP contribution is -2.46. The van der Waals surface area contributed by atoms with Crippen LogP contribution in [0.1, 0.15) is 30.9 Å². The van der Waals surface area contributed by atoms with Crippen LogP contribution in [0.15, 0.2) is 23.4 Å². The van der Waals surface area contributed by atoms with Gasteiger partial charge in [-0.1, -0.05) is 17.3 Å². The van der Waals surface area contributed by atoms with E-state index in [0.29, 0.717) is 17.7 Å². The summed E-state index contributed by atoms with van der Waals surface area (Å²) in [6, 6.07) is 4.64. The van der Waals surface area contributed by atoms with Crippen molar-refractivity contribution in [2.45, 2.75) is 31.9 Å². The number of likely N-dealkylation sites (tertiary alicyclic amines) is 1. The average molecular weight is 295 g/mol. The van der Waals surface area contributed by atoms with Crippen LogP contribution in [-0.2, 0) is 11.3 Å². The second-order valence-electron chi connectivity index (χ2n) is 5.76. The van der Waals surface area contributed by atoms with Crippen molar-refractivity contribution in [3.05, 3.63) is 35.1 Å². The summed E-state index contributed by atoms with van der Waals surface area (Å²) in [7, 11) is 1.72. The number of methoxy groups -OCH3 is 1. The van der Waals surface area contributed by atoms with Gasteiger partial charge in [-0.25, -0.2) is 4.39 Å². The molecule has 1 aromatic rings. The fourth-order valence-electron chi connectivity index (χ4n) is 2.74. The third-order valence-electron chi connectivity index (χ3n) is 4.08. The fourth-order valence-corrected chi connectivity index (χ4v) is 2.74. The van der Waals surface area contributed by atoms with Gasteiger partial charge in [-0.3, -0.25) is 4.90 Å². The Labute approximate surface area is 124 Å². The fraction of sp³-hybridized carbons (Fsp3) is 0.533. The molecular formula is C15H22FN3O2. The largest absolute Gasteiger partial charge is 0.409 e. The van der Waals surface area contributed by atoms with E-state index in [-0.39, 0.29) is 17.3 Å². The predicted molar refractivity (Wildman–Crippen MR) is 78.8 cm³/mol. The molecule has 21 heavy (non-hydrogen) atoms. The predicted octanol–water partition coefficient (Wildman–Crippen LogP) is 1.92. The molecule has 116 valence electrons. The van der Waals surface area contributed by atoms with Gasteiger partial charge in [0.05, 0.1) is 5.60 Å². The molecule has 0 amide bonds. The highest BCUT2D eigenvalue weighted by Crippen LogP contribution is 2.25. The SMILES string of the molecule is COC1(C)CCCN(Cc2ccc(/C(N)=N/O)cc2F)C1. The van der Waals surface area contributed by atoms with E-state index in [0.717, 1.165) is 25.9 Å². The monoisotopic (exact) mass is 295 g/mol. The van der Waals surface area contributed by atoms with Crippen LogP contribution < -0.4 is 5.73 Å². The summed E-state index contributed by atoms with van der Waals surface area (Å²) in [6.45, 7) is 4.32. The van der Waals surface area contributed by atoms with E-state index < -0.39 is 0 Å². The number of benzene rings is 1. The maximum absolute atomic E-state index is 14.1. The quantitative estimate of drug-likeness (QED) is 0.385. The molecule has 1 atom stereocenters. The zero-order valence-electron chi connectivity index (χ0n) is 12.5. The lowest BCUT2D eigenvalue weighted by atomic mass is 9.94. The van der Waals surface area contributed by atoms with Crippen LogP contribution in [0.3, 0.4) is 0 Å². The van der Waals surface area contributed by atoms with E-state index in [4.69, 9.17) is 15.7 Å². The van der Waals surface area contributed by atoms with Gasteiger partial charge in [-0.05, 0) is 32.4 Å². The number of nitrogens with zero attached hydrogens (tertiary/aromatic N) is 2. The highest BCUT2D eigenvalue weighted by molar-refractivity contribution is 5.97. The number of oxime groups is 1. The first-order chi connectivity index (χ1) is 9.97. The van der Waals surface area contributed by atoms with Gasteiger partial charge in [0.2, 0.25) is 0 Å². The molecule has 3 N–H and O–H groups in total. The van der Waals surface area contributed by atoms with E-state index >= 15 is 0 Å². The molecule has 1 heterocycles. The first kappa shape index (κ1) is 15.7. The summed E-state index contributed by atoms with van der Waals surface area (Å²) >= 11 is 0. The summed E-state index contributed by atoms with van der Waals surface area (Å²) in [5, 5.41) is 11.5. The van der Waals surface area contributed by atoms with Gasteiger partial charge in [0.1, 0.15) is 5.82 Å². The highest BCUT2D eigenvalue weighted by Gasteiger charge is 2.30. The van der Waals surface area contributed by atoms with Crippen molar-refractivity contribution >= 4 is 5.84 Å². The molecule has 1 unspecified atom stereocenters. The number of hydrogen-bond donors (Lipinski definition) is 2. The molecule has 0 radical (unpaired) electrons. The van der Waals surface area contributed by atoms with E-state index in [1.165, 1.54) is 6.07 Å². The summed E-state index contributed by atoms with van der Waals surface area (Å²) in [5.41, 5.74) is 6.27. The molecule has 0 spiro atoms. The molecule has 1 saturated heterocycles. The Hall–Kier alpha value is -1.66. The Balaban J connectivity index is 2.09. The van der Waals surface area contributed by atoms with Gasteiger partial charge in [0, 0.05) is 31.3 Å². The Morgan fingerprint density at radius 1 is 1.57 bits per heavy atom. The minimum atomic E-state index is -0.344. The maximum atomic E-state index is 14.1. The summed E-state index contributed by atoms with van der Waals surface area (Å²) in [6.07, 6.45) is 2.05. The first-order valence-electron chi connectivity index (χ1n) is 7.01. The van der Waals surface area contributed by atoms with Gasteiger partial charge in [0.15, 0.2) is 5.84 Å². The van der Waals surface area contributed by atoms with Gasteiger partial charge in [-0.15, -0.1) is 0 Å². The number of hydrogen-bond acceptors (Lipinski definition) is 4. The summed E-state index contributed by atoms with van der Waals surface area (Å²) < 4.78 is 19.7. The molecule has 6 heteroatoms. The van der Waals surface area contributed by atoms with Crippen molar-refractivity contribution in [1.29, 1.82) is 0 Å². The first-order valence-corrected chi connectivity index (χ1v) is 7.01. The smallest absolute Gasteiger partial charge is 0.170 e.